The number of carbonyl (C=O) groups excluding carboxylic acids is 2. The Labute approximate surface area is 84.4 Å². The maximum Gasteiger partial charge on any atom is 0.316 e. The second kappa shape index (κ2) is 7.06. The fraction of sp³-hybridized carbons (Fsp3) is 0.455. The van der Waals surface area contributed by atoms with E-state index < -0.39 is 11.9 Å². The number of carbonyl (C=O) groups is 2. The minimum absolute atomic E-state index is 0.207. The van der Waals surface area contributed by atoms with Crippen molar-refractivity contribution in [2.45, 2.75) is 19.8 Å². The Kier molecular flexibility index (Phi) is 6.37. The quantitative estimate of drug-likeness (QED) is 0.282. The van der Waals surface area contributed by atoms with Crippen LogP contribution in [0.1, 0.15) is 19.8 Å². The third-order valence-corrected chi connectivity index (χ3v) is 1.82. The number of hydrogen-bond donors (Lipinski definition) is 0. The van der Waals surface area contributed by atoms with E-state index in [-0.39, 0.29) is 5.78 Å². The molecule has 1 atom stereocenters. The first-order valence-electron chi connectivity index (χ1n) is 4.52. The van der Waals surface area contributed by atoms with E-state index in [9.17, 15) is 9.59 Å². The summed E-state index contributed by atoms with van der Waals surface area (Å²) in [6.45, 7) is 5.28. The van der Waals surface area contributed by atoms with Crippen LogP contribution in [0.25, 0.3) is 0 Å². The van der Waals surface area contributed by atoms with Crippen LogP contribution in [-0.4, -0.2) is 18.9 Å². The lowest BCUT2D eigenvalue weighted by molar-refractivity contribution is -0.148. The predicted molar refractivity (Wildman–Crippen MR) is 54.8 cm³/mol. The molecule has 0 aromatic carbocycles. The SMILES string of the molecule is C=CCCC(C(=O)/C=C/C)C(=O)OC. The summed E-state index contributed by atoms with van der Waals surface area (Å²) >= 11 is 0. The summed E-state index contributed by atoms with van der Waals surface area (Å²) in [6, 6.07) is 0. The summed E-state index contributed by atoms with van der Waals surface area (Å²) in [5.74, 6) is -1.37. The van der Waals surface area contributed by atoms with Crippen LogP contribution in [0, 0.1) is 5.92 Å². The molecule has 0 aromatic rings. The largest absolute Gasteiger partial charge is 0.468 e. The van der Waals surface area contributed by atoms with Crippen molar-refractivity contribution in [1.82, 2.24) is 0 Å². The normalized spacial score (nSPS) is 12.4. The molecule has 3 heteroatoms. The van der Waals surface area contributed by atoms with E-state index >= 15 is 0 Å². The van der Waals surface area contributed by atoms with Gasteiger partial charge in [0.1, 0.15) is 5.92 Å². The molecule has 0 aliphatic carbocycles. The highest BCUT2D eigenvalue weighted by atomic mass is 16.5. The third kappa shape index (κ3) is 4.03. The van der Waals surface area contributed by atoms with Crippen molar-refractivity contribution in [3.8, 4) is 0 Å². The molecular weight excluding hydrogens is 180 g/mol. The molecule has 0 aliphatic rings. The Balaban J connectivity index is 4.45. The summed E-state index contributed by atoms with van der Waals surface area (Å²) in [4.78, 5) is 22.7. The van der Waals surface area contributed by atoms with Crippen molar-refractivity contribution >= 4 is 11.8 Å². The van der Waals surface area contributed by atoms with Crippen LogP contribution in [-0.2, 0) is 14.3 Å². The van der Waals surface area contributed by atoms with E-state index in [1.165, 1.54) is 13.2 Å². The number of ketones is 1. The molecule has 14 heavy (non-hydrogen) atoms. The first kappa shape index (κ1) is 12.6. The van der Waals surface area contributed by atoms with Gasteiger partial charge in [0.15, 0.2) is 5.78 Å². The smallest absolute Gasteiger partial charge is 0.316 e. The highest BCUT2D eigenvalue weighted by Gasteiger charge is 2.24. The standard InChI is InChI=1S/C11H16O3/c1-4-6-8-9(11(13)14-3)10(12)7-5-2/h4-5,7,9H,1,6,8H2,2-3H3/b7-5+. The molecule has 0 aromatic heterocycles. The van der Waals surface area contributed by atoms with Gasteiger partial charge in [-0.3, -0.25) is 9.59 Å². The van der Waals surface area contributed by atoms with Gasteiger partial charge in [-0.05, 0) is 25.8 Å². The molecule has 0 bridgehead atoms. The fourth-order valence-electron chi connectivity index (χ4n) is 1.08. The molecule has 1 unspecified atom stereocenters. The minimum atomic E-state index is -0.686. The van der Waals surface area contributed by atoms with E-state index in [1.54, 1.807) is 19.1 Å². The Morgan fingerprint density at radius 3 is 2.57 bits per heavy atom. The van der Waals surface area contributed by atoms with Gasteiger partial charge in [0.05, 0.1) is 7.11 Å². The zero-order valence-electron chi connectivity index (χ0n) is 8.66. The lowest BCUT2D eigenvalue weighted by Crippen LogP contribution is -2.23. The van der Waals surface area contributed by atoms with E-state index in [0.717, 1.165) is 0 Å². The van der Waals surface area contributed by atoms with Crippen molar-refractivity contribution in [2.24, 2.45) is 5.92 Å². The highest BCUT2D eigenvalue weighted by Crippen LogP contribution is 2.11. The lowest BCUT2D eigenvalue weighted by Gasteiger charge is -2.09. The Bertz CT molecular complexity index is 241. The van der Waals surface area contributed by atoms with Crippen molar-refractivity contribution in [3.63, 3.8) is 0 Å². The van der Waals surface area contributed by atoms with Crippen LogP contribution < -0.4 is 0 Å². The molecule has 3 nitrogen and oxygen atoms in total. The number of esters is 1. The van der Waals surface area contributed by atoms with Gasteiger partial charge < -0.3 is 4.74 Å². The van der Waals surface area contributed by atoms with Crippen LogP contribution in [0.5, 0.6) is 0 Å². The number of ether oxygens (including phenoxy) is 1. The first-order chi connectivity index (χ1) is 6.67. The van der Waals surface area contributed by atoms with E-state index in [4.69, 9.17) is 0 Å². The number of hydrogen-bond acceptors (Lipinski definition) is 3. The van der Waals surface area contributed by atoms with Gasteiger partial charge in [-0.25, -0.2) is 0 Å². The molecule has 0 saturated carbocycles. The summed E-state index contributed by atoms with van der Waals surface area (Å²) in [7, 11) is 1.28. The van der Waals surface area contributed by atoms with Gasteiger partial charge in [0.2, 0.25) is 0 Å². The molecule has 0 fully saturated rings. The first-order valence-corrected chi connectivity index (χ1v) is 4.52. The third-order valence-electron chi connectivity index (χ3n) is 1.82. The molecule has 0 saturated heterocycles. The van der Waals surface area contributed by atoms with Crippen molar-refractivity contribution < 1.29 is 14.3 Å². The van der Waals surface area contributed by atoms with Gasteiger partial charge in [-0.15, -0.1) is 6.58 Å². The van der Waals surface area contributed by atoms with E-state index in [1.807, 2.05) is 0 Å². The van der Waals surface area contributed by atoms with Gasteiger partial charge in [-0.1, -0.05) is 12.2 Å². The summed E-state index contributed by atoms with van der Waals surface area (Å²) in [6.07, 6.45) is 5.78. The molecule has 0 heterocycles. The molecule has 0 spiro atoms. The molecule has 0 rings (SSSR count). The van der Waals surface area contributed by atoms with Crippen LogP contribution >= 0.6 is 0 Å². The van der Waals surface area contributed by atoms with E-state index in [2.05, 4.69) is 11.3 Å². The topological polar surface area (TPSA) is 43.4 Å². The number of allylic oxidation sites excluding steroid dienone is 3. The van der Waals surface area contributed by atoms with Crippen LogP contribution in [0.15, 0.2) is 24.8 Å². The average molecular weight is 196 g/mol. The second-order valence-electron chi connectivity index (χ2n) is 2.84. The maximum absolute atomic E-state index is 11.4. The van der Waals surface area contributed by atoms with Crippen molar-refractivity contribution in [3.05, 3.63) is 24.8 Å². The highest BCUT2D eigenvalue weighted by molar-refractivity contribution is 6.04. The Morgan fingerprint density at radius 1 is 1.50 bits per heavy atom. The maximum atomic E-state index is 11.4. The van der Waals surface area contributed by atoms with Gasteiger partial charge in [0, 0.05) is 0 Å². The van der Waals surface area contributed by atoms with Crippen LogP contribution in [0.2, 0.25) is 0 Å². The van der Waals surface area contributed by atoms with Crippen LogP contribution in [0.4, 0.5) is 0 Å². The average Bonchev–Trinajstić information content (AvgIpc) is 2.18. The van der Waals surface area contributed by atoms with E-state index in [0.29, 0.717) is 12.8 Å². The molecule has 0 N–H and O–H groups in total. The molecular formula is C11H16O3. The van der Waals surface area contributed by atoms with Gasteiger partial charge in [-0.2, -0.15) is 0 Å². The molecule has 0 radical (unpaired) electrons. The van der Waals surface area contributed by atoms with Gasteiger partial charge in [0.25, 0.3) is 0 Å². The van der Waals surface area contributed by atoms with Gasteiger partial charge >= 0.3 is 5.97 Å². The molecule has 0 amide bonds. The zero-order chi connectivity index (χ0) is 11.0. The zero-order valence-corrected chi connectivity index (χ0v) is 8.66. The van der Waals surface area contributed by atoms with Crippen LogP contribution in [0.3, 0.4) is 0 Å². The molecule has 78 valence electrons. The number of methoxy groups -OCH3 is 1. The van der Waals surface area contributed by atoms with Crippen molar-refractivity contribution in [1.29, 1.82) is 0 Å². The second-order valence-corrected chi connectivity index (χ2v) is 2.84. The van der Waals surface area contributed by atoms with Crippen molar-refractivity contribution in [2.75, 3.05) is 7.11 Å². The summed E-state index contributed by atoms with van der Waals surface area (Å²) in [5, 5.41) is 0. The monoisotopic (exact) mass is 196 g/mol. The summed E-state index contributed by atoms with van der Waals surface area (Å²) < 4.78 is 4.55. The Morgan fingerprint density at radius 2 is 2.14 bits per heavy atom. The lowest BCUT2D eigenvalue weighted by atomic mass is 9.98. The molecule has 0 aliphatic heterocycles. The fourth-order valence-corrected chi connectivity index (χ4v) is 1.08. The number of rotatable bonds is 6. The Hall–Kier alpha value is -1.38. The summed E-state index contributed by atoms with van der Waals surface area (Å²) in [5.41, 5.74) is 0. The predicted octanol–water partition coefficient (Wildman–Crippen LogP) is 1.89. The minimum Gasteiger partial charge on any atom is -0.468 e.